The summed E-state index contributed by atoms with van der Waals surface area (Å²) in [4.78, 5) is 2.25. The van der Waals surface area contributed by atoms with E-state index in [1.54, 1.807) is 6.08 Å². The number of halogens is 5. The van der Waals surface area contributed by atoms with E-state index in [4.69, 9.17) is 4.74 Å². The van der Waals surface area contributed by atoms with Crippen molar-refractivity contribution in [1.29, 1.82) is 0 Å². The molecule has 1 heterocycles. The average Bonchev–Trinajstić information content (AvgIpc) is 3.28. The molecule has 0 saturated carbocycles. The number of ether oxygens (including phenoxy) is 1. The molecule has 1 unspecified atom stereocenters. The van der Waals surface area contributed by atoms with Gasteiger partial charge in [-0.1, -0.05) is 60.7 Å². The zero-order chi connectivity index (χ0) is 24.3. The fourth-order valence-corrected chi connectivity index (χ4v) is 4.16. The lowest BCUT2D eigenvalue weighted by Gasteiger charge is -2.33. The van der Waals surface area contributed by atoms with Gasteiger partial charge < -0.3 is 4.74 Å². The van der Waals surface area contributed by atoms with Crippen molar-refractivity contribution in [2.24, 2.45) is 0 Å². The van der Waals surface area contributed by atoms with E-state index in [9.17, 15) is 22.0 Å². The number of alkyl halides is 3. The van der Waals surface area contributed by atoms with Crippen LogP contribution in [0.3, 0.4) is 0 Å². The molecule has 2 atom stereocenters. The predicted molar refractivity (Wildman–Crippen MR) is 120 cm³/mol. The molecule has 3 aromatic carbocycles. The van der Waals surface area contributed by atoms with Crippen LogP contribution in [-0.4, -0.2) is 17.0 Å². The van der Waals surface area contributed by atoms with Crippen molar-refractivity contribution in [3.05, 3.63) is 113 Å². The molecule has 4 rings (SSSR count). The van der Waals surface area contributed by atoms with Crippen LogP contribution < -0.4 is 0 Å². The molecule has 34 heavy (non-hydrogen) atoms. The van der Waals surface area contributed by atoms with Crippen molar-refractivity contribution < 1.29 is 26.7 Å². The van der Waals surface area contributed by atoms with Crippen molar-refractivity contribution in [2.75, 3.05) is 0 Å². The first-order chi connectivity index (χ1) is 16.2. The molecule has 7 heteroatoms. The highest BCUT2D eigenvalue weighted by molar-refractivity contribution is 5.62. The summed E-state index contributed by atoms with van der Waals surface area (Å²) in [6.45, 7) is 3.34. The zero-order valence-corrected chi connectivity index (χ0v) is 18.5. The molecule has 0 spiro atoms. The van der Waals surface area contributed by atoms with E-state index in [0.717, 1.165) is 11.1 Å². The molecule has 2 nitrogen and oxygen atoms in total. The van der Waals surface area contributed by atoms with E-state index < -0.39 is 23.4 Å². The van der Waals surface area contributed by atoms with E-state index in [-0.39, 0.29) is 23.5 Å². The minimum absolute atomic E-state index is 0.0460. The van der Waals surface area contributed by atoms with Crippen LogP contribution in [0.4, 0.5) is 22.0 Å². The second-order valence-corrected chi connectivity index (χ2v) is 8.39. The monoisotopic (exact) mass is 473 g/mol. The molecule has 1 aliphatic rings. The SMILES string of the molecule is CC([C@@H]1CC=C(c2cc(F)c(C(F)(F)F)c(F)c2)O1)N(Cc1ccccc1)Cc1ccccc1. The Morgan fingerprint density at radius 2 is 1.38 bits per heavy atom. The molecule has 0 N–H and O–H groups in total. The van der Waals surface area contributed by atoms with E-state index in [1.807, 2.05) is 67.6 Å². The highest BCUT2D eigenvalue weighted by atomic mass is 19.4. The van der Waals surface area contributed by atoms with Gasteiger partial charge in [0, 0.05) is 31.1 Å². The quantitative estimate of drug-likeness (QED) is 0.337. The van der Waals surface area contributed by atoms with E-state index in [0.29, 0.717) is 31.6 Å². The van der Waals surface area contributed by atoms with Crippen LogP contribution in [0, 0.1) is 11.6 Å². The molecule has 0 aliphatic carbocycles. The summed E-state index contributed by atoms with van der Waals surface area (Å²) in [5.41, 5.74) is 0.318. The molecular weight excluding hydrogens is 449 g/mol. The number of rotatable bonds is 7. The van der Waals surface area contributed by atoms with Crippen molar-refractivity contribution in [2.45, 2.75) is 44.8 Å². The number of hydrogen-bond acceptors (Lipinski definition) is 2. The van der Waals surface area contributed by atoms with Gasteiger partial charge in [0.1, 0.15) is 29.1 Å². The molecule has 0 fully saturated rings. The lowest BCUT2D eigenvalue weighted by atomic mass is 10.1. The maximum atomic E-state index is 14.1. The molecule has 178 valence electrons. The van der Waals surface area contributed by atoms with Gasteiger partial charge in [0.05, 0.1) is 0 Å². The topological polar surface area (TPSA) is 12.5 Å². The second-order valence-electron chi connectivity index (χ2n) is 8.39. The van der Waals surface area contributed by atoms with Crippen molar-refractivity contribution >= 4 is 5.76 Å². The van der Waals surface area contributed by atoms with Crippen LogP contribution >= 0.6 is 0 Å². The van der Waals surface area contributed by atoms with Crippen molar-refractivity contribution in [3.63, 3.8) is 0 Å². The zero-order valence-electron chi connectivity index (χ0n) is 18.5. The largest absolute Gasteiger partial charge is 0.488 e. The van der Waals surface area contributed by atoms with Gasteiger partial charge in [0.15, 0.2) is 0 Å². The summed E-state index contributed by atoms with van der Waals surface area (Å²) in [6, 6.07) is 21.2. The average molecular weight is 473 g/mol. The Kier molecular flexibility index (Phi) is 7.03. The first-order valence-electron chi connectivity index (χ1n) is 11.0. The Morgan fingerprint density at radius 3 is 1.85 bits per heavy atom. The Morgan fingerprint density at radius 1 is 0.882 bits per heavy atom. The van der Waals surface area contributed by atoms with Gasteiger partial charge in [0.25, 0.3) is 0 Å². The number of hydrogen-bond donors (Lipinski definition) is 0. The molecule has 0 aromatic heterocycles. The van der Waals surface area contributed by atoms with Gasteiger partial charge >= 0.3 is 6.18 Å². The van der Waals surface area contributed by atoms with Gasteiger partial charge in [-0.3, -0.25) is 4.90 Å². The molecule has 0 radical (unpaired) electrons. The van der Waals surface area contributed by atoms with Crippen LogP contribution in [0.2, 0.25) is 0 Å². The fraction of sp³-hybridized carbons (Fsp3) is 0.259. The molecular formula is C27H24F5NO. The normalized spacial score (nSPS) is 16.9. The van der Waals surface area contributed by atoms with Crippen LogP contribution in [0.5, 0.6) is 0 Å². The third-order valence-corrected chi connectivity index (χ3v) is 5.99. The Labute approximate surface area is 195 Å². The summed E-state index contributed by atoms with van der Waals surface area (Å²) >= 11 is 0. The second kappa shape index (κ2) is 9.97. The standard InChI is InChI=1S/C27H24F5NO/c1-18(33(16-19-8-4-2-5-9-19)17-20-10-6-3-7-11-20)24-12-13-25(34-24)21-14-22(28)26(23(29)15-21)27(30,31)32/h2-11,13-15,18,24H,12,16-17H2,1H3/t18?,24-/m0/s1. The van der Waals surface area contributed by atoms with Crippen LogP contribution in [0.25, 0.3) is 5.76 Å². The first kappa shape index (κ1) is 24.0. The molecule has 3 aromatic rings. The summed E-state index contributed by atoms with van der Waals surface area (Å²) in [6.07, 6.45) is -3.28. The summed E-state index contributed by atoms with van der Waals surface area (Å²) < 4.78 is 72.9. The Bertz CT molecular complexity index is 1080. The smallest absolute Gasteiger partial charge is 0.422 e. The first-order valence-corrected chi connectivity index (χ1v) is 11.0. The van der Waals surface area contributed by atoms with Gasteiger partial charge in [-0.15, -0.1) is 0 Å². The summed E-state index contributed by atoms with van der Waals surface area (Å²) in [5.74, 6) is -3.13. The van der Waals surface area contributed by atoms with E-state index in [2.05, 4.69) is 4.90 Å². The maximum absolute atomic E-state index is 14.1. The Balaban J connectivity index is 1.52. The maximum Gasteiger partial charge on any atom is 0.422 e. The van der Waals surface area contributed by atoms with Crippen molar-refractivity contribution in [3.8, 4) is 0 Å². The Hall–Kier alpha value is -3.19. The van der Waals surface area contributed by atoms with Crippen LogP contribution in [0.15, 0.2) is 78.9 Å². The minimum atomic E-state index is -5.11. The predicted octanol–water partition coefficient (Wildman–Crippen LogP) is 7.20. The van der Waals surface area contributed by atoms with Gasteiger partial charge in [-0.05, 0) is 36.3 Å². The molecule has 0 bridgehead atoms. The molecule has 1 aliphatic heterocycles. The van der Waals surface area contributed by atoms with Crippen LogP contribution in [0.1, 0.15) is 35.6 Å². The van der Waals surface area contributed by atoms with Crippen LogP contribution in [-0.2, 0) is 24.0 Å². The molecule has 0 saturated heterocycles. The van der Waals surface area contributed by atoms with E-state index in [1.165, 1.54) is 0 Å². The fourth-order valence-electron chi connectivity index (χ4n) is 4.16. The van der Waals surface area contributed by atoms with Gasteiger partial charge in [-0.2, -0.15) is 13.2 Å². The minimum Gasteiger partial charge on any atom is -0.488 e. The number of nitrogens with zero attached hydrogens (tertiary/aromatic N) is 1. The van der Waals surface area contributed by atoms with Gasteiger partial charge in [-0.25, -0.2) is 8.78 Å². The highest BCUT2D eigenvalue weighted by Gasteiger charge is 2.38. The lowest BCUT2D eigenvalue weighted by Crippen LogP contribution is -2.40. The number of benzene rings is 3. The highest BCUT2D eigenvalue weighted by Crippen LogP contribution is 2.37. The van der Waals surface area contributed by atoms with Gasteiger partial charge in [0.2, 0.25) is 0 Å². The third kappa shape index (κ3) is 5.47. The summed E-state index contributed by atoms with van der Waals surface area (Å²) in [5, 5.41) is 0. The van der Waals surface area contributed by atoms with Crippen molar-refractivity contribution in [1.82, 2.24) is 4.90 Å². The summed E-state index contributed by atoms with van der Waals surface area (Å²) in [7, 11) is 0. The lowest BCUT2D eigenvalue weighted by molar-refractivity contribution is -0.142. The van der Waals surface area contributed by atoms with E-state index >= 15 is 0 Å². The molecule has 0 amide bonds. The third-order valence-electron chi connectivity index (χ3n) is 5.99.